The number of hydrogen-bond donors (Lipinski definition) is 1. The predicted molar refractivity (Wildman–Crippen MR) is 65.8 cm³/mol. The fourth-order valence-electron chi connectivity index (χ4n) is 1.85. The summed E-state index contributed by atoms with van der Waals surface area (Å²) in [4.78, 5) is 21.6. The molecule has 5 nitrogen and oxygen atoms in total. The maximum Gasteiger partial charge on any atom is 0.228 e. The summed E-state index contributed by atoms with van der Waals surface area (Å²) in [6.07, 6.45) is 1.93. The van der Waals surface area contributed by atoms with Gasteiger partial charge in [-0.15, -0.1) is 0 Å². The molecule has 88 valence electrons. The molecule has 1 unspecified atom stereocenters. The van der Waals surface area contributed by atoms with Gasteiger partial charge in [0.1, 0.15) is 17.5 Å². The Hall–Kier alpha value is -1.61. The maximum atomic E-state index is 11.8. The van der Waals surface area contributed by atoms with E-state index in [2.05, 4.69) is 22.6 Å². The SMILES string of the molecule is Cc1ncc(C#N)c(N2CC(CS)CC2=O)n1. The Labute approximate surface area is 105 Å². The molecule has 0 N–H and O–H groups in total. The van der Waals surface area contributed by atoms with Gasteiger partial charge in [-0.2, -0.15) is 17.9 Å². The van der Waals surface area contributed by atoms with E-state index in [9.17, 15) is 4.79 Å². The lowest BCUT2D eigenvalue weighted by Crippen LogP contribution is -2.27. The average Bonchev–Trinajstić information content (AvgIpc) is 2.70. The summed E-state index contributed by atoms with van der Waals surface area (Å²) in [6, 6.07) is 2.02. The summed E-state index contributed by atoms with van der Waals surface area (Å²) < 4.78 is 0. The Morgan fingerprint density at radius 3 is 3.06 bits per heavy atom. The van der Waals surface area contributed by atoms with Gasteiger partial charge in [-0.1, -0.05) is 0 Å². The lowest BCUT2D eigenvalue weighted by Gasteiger charge is -2.16. The van der Waals surface area contributed by atoms with E-state index in [1.54, 1.807) is 11.8 Å². The smallest absolute Gasteiger partial charge is 0.228 e. The fourth-order valence-corrected chi connectivity index (χ4v) is 2.10. The number of rotatable bonds is 2. The third kappa shape index (κ3) is 2.24. The Bertz CT molecular complexity index is 497. The molecule has 0 saturated carbocycles. The lowest BCUT2D eigenvalue weighted by atomic mass is 10.1. The highest BCUT2D eigenvalue weighted by molar-refractivity contribution is 7.80. The number of nitriles is 1. The zero-order valence-electron chi connectivity index (χ0n) is 9.42. The largest absolute Gasteiger partial charge is 0.295 e. The quantitative estimate of drug-likeness (QED) is 0.791. The number of nitrogens with zero attached hydrogens (tertiary/aromatic N) is 4. The van der Waals surface area contributed by atoms with Gasteiger partial charge < -0.3 is 0 Å². The van der Waals surface area contributed by atoms with Crippen molar-refractivity contribution in [2.24, 2.45) is 5.92 Å². The average molecular weight is 248 g/mol. The van der Waals surface area contributed by atoms with Crippen LogP contribution < -0.4 is 4.90 Å². The molecule has 0 spiro atoms. The first-order valence-electron chi connectivity index (χ1n) is 5.30. The number of thiol groups is 1. The molecule has 1 aliphatic rings. The van der Waals surface area contributed by atoms with Crippen LogP contribution in [0.3, 0.4) is 0 Å². The van der Waals surface area contributed by atoms with E-state index >= 15 is 0 Å². The van der Waals surface area contributed by atoms with Gasteiger partial charge in [-0.3, -0.25) is 9.69 Å². The summed E-state index contributed by atoms with van der Waals surface area (Å²) in [5.41, 5.74) is 0.337. The van der Waals surface area contributed by atoms with Gasteiger partial charge in [0, 0.05) is 13.0 Å². The van der Waals surface area contributed by atoms with Crippen LogP contribution in [0.4, 0.5) is 5.82 Å². The summed E-state index contributed by atoms with van der Waals surface area (Å²) in [6.45, 7) is 2.31. The van der Waals surface area contributed by atoms with Gasteiger partial charge in [0.15, 0.2) is 5.82 Å². The van der Waals surface area contributed by atoms with Crippen LogP contribution in [-0.4, -0.2) is 28.2 Å². The van der Waals surface area contributed by atoms with Crippen LogP contribution in [0.2, 0.25) is 0 Å². The topological polar surface area (TPSA) is 69.9 Å². The van der Waals surface area contributed by atoms with Crippen LogP contribution in [0.1, 0.15) is 17.8 Å². The molecular formula is C11H12N4OS. The van der Waals surface area contributed by atoms with E-state index in [-0.39, 0.29) is 11.8 Å². The number of anilines is 1. The van der Waals surface area contributed by atoms with Gasteiger partial charge in [-0.25, -0.2) is 9.97 Å². The lowest BCUT2D eigenvalue weighted by molar-refractivity contribution is -0.117. The number of aryl methyl sites for hydroxylation is 1. The molecule has 0 aromatic carbocycles. The highest BCUT2D eigenvalue weighted by Gasteiger charge is 2.32. The number of carbonyl (C=O) groups excluding carboxylic acids is 1. The third-order valence-electron chi connectivity index (χ3n) is 2.73. The first-order chi connectivity index (χ1) is 8.15. The highest BCUT2D eigenvalue weighted by Crippen LogP contribution is 2.26. The second-order valence-electron chi connectivity index (χ2n) is 4.02. The maximum absolute atomic E-state index is 11.8. The van der Waals surface area contributed by atoms with E-state index in [0.717, 1.165) is 0 Å². The van der Waals surface area contributed by atoms with Crippen LogP contribution in [0.5, 0.6) is 0 Å². The highest BCUT2D eigenvalue weighted by atomic mass is 32.1. The molecule has 1 saturated heterocycles. The first-order valence-corrected chi connectivity index (χ1v) is 5.94. The minimum absolute atomic E-state index is 0.00125. The zero-order valence-corrected chi connectivity index (χ0v) is 10.3. The molecule has 17 heavy (non-hydrogen) atoms. The van der Waals surface area contributed by atoms with Crippen molar-refractivity contribution in [2.45, 2.75) is 13.3 Å². The van der Waals surface area contributed by atoms with Crippen molar-refractivity contribution in [1.29, 1.82) is 5.26 Å². The molecule has 0 bridgehead atoms. The van der Waals surface area contributed by atoms with Crippen LogP contribution in [0.15, 0.2) is 6.20 Å². The van der Waals surface area contributed by atoms with Crippen molar-refractivity contribution in [3.8, 4) is 6.07 Å². The van der Waals surface area contributed by atoms with E-state index in [4.69, 9.17) is 5.26 Å². The van der Waals surface area contributed by atoms with E-state index in [1.165, 1.54) is 6.20 Å². The van der Waals surface area contributed by atoms with Crippen molar-refractivity contribution in [3.63, 3.8) is 0 Å². The Morgan fingerprint density at radius 2 is 2.47 bits per heavy atom. The van der Waals surface area contributed by atoms with E-state index < -0.39 is 0 Å². The van der Waals surface area contributed by atoms with E-state index in [1.807, 2.05) is 6.07 Å². The molecule has 0 aliphatic carbocycles. The molecule has 0 radical (unpaired) electrons. The molecule has 6 heteroatoms. The molecule has 1 aliphatic heterocycles. The van der Waals surface area contributed by atoms with Crippen molar-refractivity contribution < 1.29 is 4.79 Å². The third-order valence-corrected chi connectivity index (χ3v) is 3.24. The summed E-state index contributed by atoms with van der Waals surface area (Å²) >= 11 is 4.20. The van der Waals surface area contributed by atoms with Crippen molar-refractivity contribution in [3.05, 3.63) is 17.6 Å². The zero-order chi connectivity index (χ0) is 12.4. The van der Waals surface area contributed by atoms with Crippen molar-refractivity contribution in [2.75, 3.05) is 17.2 Å². The second kappa shape index (κ2) is 4.72. The standard InChI is InChI=1S/C11H12N4OS/c1-7-13-4-9(3-12)11(14-7)15-5-8(6-17)2-10(15)16/h4,8,17H,2,5-6H2,1H3. The molecule has 2 heterocycles. The number of hydrogen-bond acceptors (Lipinski definition) is 5. The van der Waals surface area contributed by atoms with E-state index in [0.29, 0.717) is 35.9 Å². The van der Waals surface area contributed by atoms with Gasteiger partial charge in [-0.05, 0) is 18.6 Å². The minimum Gasteiger partial charge on any atom is -0.295 e. The molecule has 2 rings (SSSR count). The van der Waals surface area contributed by atoms with Crippen molar-refractivity contribution in [1.82, 2.24) is 9.97 Å². The Morgan fingerprint density at radius 1 is 1.71 bits per heavy atom. The first kappa shape index (κ1) is 11.9. The minimum atomic E-state index is -0.00125. The number of carbonyl (C=O) groups is 1. The van der Waals surface area contributed by atoms with Crippen LogP contribution in [0.25, 0.3) is 0 Å². The monoisotopic (exact) mass is 248 g/mol. The molecule has 1 aromatic heterocycles. The van der Waals surface area contributed by atoms with Gasteiger partial charge >= 0.3 is 0 Å². The van der Waals surface area contributed by atoms with Gasteiger partial charge in [0.25, 0.3) is 0 Å². The summed E-state index contributed by atoms with van der Waals surface area (Å²) in [5, 5.41) is 9.00. The van der Waals surface area contributed by atoms with Gasteiger partial charge in [0.05, 0.1) is 6.20 Å². The van der Waals surface area contributed by atoms with Crippen LogP contribution in [0, 0.1) is 24.2 Å². The van der Waals surface area contributed by atoms with Gasteiger partial charge in [0.2, 0.25) is 5.91 Å². The Kier molecular flexibility index (Phi) is 3.29. The number of amides is 1. The van der Waals surface area contributed by atoms with Crippen LogP contribution >= 0.6 is 12.6 Å². The normalized spacial score (nSPS) is 19.5. The molecular weight excluding hydrogens is 236 g/mol. The fraction of sp³-hybridized carbons (Fsp3) is 0.455. The van der Waals surface area contributed by atoms with Crippen molar-refractivity contribution >= 4 is 24.4 Å². The second-order valence-corrected chi connectivity index (χ2v) is 4.39. The molecule has 1 atom stereocenters. The summed E-state index contributed by atoms with van der Waals surface area (Å²) in [7, 11) is 0. The van der Waals surface area contributed by atoms with Crippen LogP contribution in [-0.2, 0) is 4.79 Å². The molecule has 1 fully saturated rings. The molecule has 1 aromatic rings. The Balaban J connectivity index is 2.37. The summed E-state index contributed by atoms with van der Waals surface area (Å²) in [5.74, 6) is 1.87. The number of aromatic nitrogens is 2. The predicted octanol–water partition coefficient (Wildman–Crippen LogP) is 0.939. The molecule has 1 amide bonds.